The second-order valence-electron chi connectivity index (χ2n) is 8.15. The van der Waals surface area contributed by atoms with Crippen LogP contribution in [-0.2, 0) is 11.3 Å². The average Bonchev–Trinajstić information content (AvgIpc) is 3.03. The molecule has 0 spiro atoms. The van der Waals surface area contributed by atoms with Gasteiger partial charge < -0.3 is 10.6 Å². The summed E-state index contributed by atoms with van der Waals surface area (Å²) in [5.74, 6) is 3.16. The van der Waals surface area contributed by atoms with Crippen LogP contribution < -0.4 is 5.73 Å². The molecule has 1 aromatic rings. The van der Waals surface area contributed by atoms with E-state index < -0.39 is 0 Å². The first-order valence-electron chi connectivity index (χ1n) is 9.48. The quantitative estimate of drug-likeness (QED) is 0.905. The zero-order valence-corrected chi connectivity index (χ0v) is 15.7. The molecule has 1 aromatic heterocycles. The Kier molecular flexibility index (Phi) is 5.57. The molecule has 2 N–H and O–H groups in total. The maximum atomic E-state index is 12.9. The summed E-state index contributed by atoms with van der Waals surface area (Å²) in [6.07, 6.45) is 6.08. The first-order chi connectivity index (χ1) is 11.9. The van der Waals surface area contributed by atoms with Crippen molar-refractivity contribution in [2.75, 3.05) is 25.9 Å². The Bertz CT molecular complexity index is 597. The van der Waals surface area contributed by atoms with Crippen molar-refractivity contribution in [3.63, 3.8) is 0 Å². The minimum absolute atomic E-state index is 0.222. The molecule has 2 fully saturated rings. The van der Waals surface area contributed by atoms with E-state index in [-0.39, 0.29) is 5.92 Å². The van der Waals surface area contributed by atoms with Crippen LogP contribution in [0.25, 0.3) is 0 Å². The van der Waals surface area contributed by atoms with Crippen LogP contribution >= 0.6 is 0 Å². The molecule has 1 aliphatic heterocycles. The van der Waals surface area contributed by atoms with E-state index in [1.165, 1.54) is 6.42 Å². The number of nitrogen functional groups attached to an aromatic ring is 1. The SMILES string of the molecule is C[C@@H]1CC(C(=O)N2CC[C@H](N(C)Cc3nccc(N)n3)C2)C[C@H](C)C1. The Labute approximate surface area is 150 Å². The highest BCUT2D eigenvalue weighted by Gasteiger charge is 2.35. The third kappa shape index (κ3) is 4.48. The molecule has 138 valence electrons. The molecule has 1 aliphatic carbocycles. The number of nitrogens with two attached hydrogens (primary N) is 1. The van der Waals surface area contributed by atoms with Gasteiger partial charge in [0.05, 0.1) is 6.54 Å². The summed E-state index contributed by atoms with van der Waals surface area (Å²) in [4.78, 5) is 25.8. The van der Waals surface area contributed by atoms with E-state index in [0.717, 1.165) is 38.2 Å². The summed E-state index contributed by atoms with van der Waals surface area (Å²) >= 11 is 0. The van der Waals surface area contributed by atoms with Gasteiger partial charge in [-0.15, -0.1) is 0 Å². The second kappa shape index (κ2) is 7.68. The van der Waals surface area contributed by atoms with Gasteiger partial charge in [0.25, 0.3) is 0 Å². The van der Waals surface area contributed by atoms with E-state index in [4.69, 9.17) is 5.73 Å². The van der Waals surface area contributed by atoms with Gasteiger partial charge in [0.1, 0.15) is 11.6 Å². The number of nitrogens with zero attached hydrogens (tertiary/aromatic N) is 4. The number of carbonyl (C=O) groups is 1. The third-order valence-electron chi connectivity index (χ3n) is 5.74. The van der Waals surface area contributed by atoms with Crippen molar-refractivity contribution >= 4 is 11.7 Å². The number of anilines is 1. The highest BCUT2D eigenvalue weighted by atomic mass is 16.2. The molecule has 3 rings (SSSR count). The number of hydrogen-bond donors (Lipinski definition) is 1. The summed E-state index contributed by atoms with van der Waals surface area (Å²) in [6, 6.07) is 2.07. The molecule has 1 unspecified atom stereocenters. The molecule has 1 amide bonds. The Hall–Kier alpha value is -1.69. The van der Waals surface area contributed by atoms with Crippen LogP contribution in [0.2, 0.25) is 0 Å². The third-order valence-corrected chi connectivity index (χ3v) is 5.74. The van der Waals surface area contributed by atoms with Gasteiger partial charge in [-0.05, 0) is 50.6 Å². The van der Waals surface area contributed by atoms with Gasteiger partial charge in [0.15, 0.2) is 0 Å². The van der Waals surface area contributed by atoms with Crippen LogP contribution in [0.5, 0.6) is 0 Å². The monoisotopic (exact) mass is 345 g/mol. The van der Waals surface area contributed by atoms with Crippen LogP contribution in [0.4, 0.5) is 5.82 Å². The van der Waals surface area contributed by atoms with Crippen LogP contribution in [-0.4, -0.2) is 51.9 Å². The van der Waals surface area contributed by atoms with Crippen LogP contribution in [0.1, 0.15) is 45.4 Å². The molecule has 1 saturated heterocycles. The number of carbonyl (C=O) groups excluding carboxylic acids is 1. The Morgan fingerprint density at radius 1 is 1.32 bits per heavy atom. The van der Waals surface area contributed by atoms with E-state index in [0.29, 0.717) is 36.1 Å². The van der Waals surface area contributed by atoms with Gasteiger partial charge in [0.2, 0.25) is 5.91 Å². The minimum atomic E-state index is 0.222. The zero-order valence-electron chi connectivity index (χ0n) is 15.7. The summed E-state index contributed by atoms with van der Waals surface area (Å²) in [7, 11) is 2.08. The summed E-state index contributed by atoms with van der Waals surface area (Å²) in [6.45, 7) is 6.90. The Morgan fingerprint density at radius 3 is 2.72 bits per heavy atom. The van der Waals surface area contributed by atoms with Crippen molar-refractivity contribution in [3.05, 3.63) is 18.1 Å². The number of hydrogen-bond acceptors (Lipinski definition) is 5. The largest absolute Gasteiger partial charge is 0.384 e. The first-order valence-corrected chi connectivity index (χ1v) is 9.48. The average molecular weight is 345 g/mol. The molecule has 0 radical (unpaired) electrons. The topological polar surface area (TPSA) is 75.4 Å². The molecule has 6 nitrogen and oxygen atoms in total. The van der Waals surface area contributed by atoms with Crippen molar-refractivity contribution in [1.82, 2.24) is 19.8 Å². The van der Waals surface area contributed by atoms with E-state index in [1.807, 2.05) is 0 Å². The lowest BCUT2D eigenvalue weighted by atomic mass is 9.76. The summed E-state index contributed by atoms with van der Waals surface area (Å²) in [5.41, 5.74) is 5.73. The van der Waals surface area contributed by atoms with Crippen molar-refractivity contribution in [2.45, 2.75) is 52.1 Å². The lowest BCUT2D eigenvalue weighted by Crippen LogP contribution is -2.40. The molecule has 25 heavy (non-hydrogen) atoms. The maximum Gasteiger partial charge on any atom is 0.225 e. The lowest BCUT2D eigenvalue weighted by molar-refractivity contribution is -0.136. The number of likely N-dealkylation sites (tertiary alicyclic amines) is 1. The van der Waals surface area contributed by atoms with Gasteiger partial charge in [-0.1, -0.05) is 13.8 Å². The minimum Gasteiger partial charge on any atom is -0.384 e. The molecule has 4 atom stereocenters. The molecular formula is C19H31N5O. The van der Waals surface area contributed by atoms with E-state index >= 15 is 0 Å². The fourth-order valence-corrected chi connectivity index (χ4v) is 4.55. The van der Waals surface area contributed by atoms with Gasteiger partial charge in [-0.3, -0.25) is 9.69 Å². The van der Waals surface area contributed by atoms with Crippen molar-refractivity contribution in [2.24, 2.45) is 17.8 Å². The summed E-state index contributed by atoms with van der Waals surface area (Å²) < 4.78 is 0. The Morgan fingerprint density at radius 2 is 2.04 bits per heavy atom. The van der Waals surface area contributed by atoms with Crippen LogP contribution in [0.3, 0.4) is 0 Å². The molecule has 6 heteroatoms. The summed E-state index contributed by atoms with van der Waals surface area (Å²) in [5, 5.41) is 0. The highest BCUT2D eigenvalue weighted by molar-refractivity contribution is 5.79. The van der Waals surface area contributed by atoms with Crippen LogP contribution in [0.15, 0.2) is 12.3 Å². The van der Waals surface area contributed by atoms with Gasteiger partial charge in [-0.2, -0.15) is 0 Å². The van der Waals surface area contributed by atoms with Crippen molar-refractivity contribution < 1.29 is 4.79 Å². The van der Waals surface area contributed by atoms with E-state index in [2.05, 4.69) is 40.7 Å². The maximum absolute atomic E-state index is 12.9. The van der Waals surface area contributed by atoms with Crippen LogP contribution in [0, 0.1) is 17.8 Å². The number of rotatable bonds is 4. The molecular weight excluding hydrogens is 314 g/mol. The van der Waals surface area contributed by atoms with Crippen molar-refractivity contribution in [3.8, 4) is 0 Å². The first kappa shape index (κ1) is 18.1. The number of likely N-dealkylation sites (N-methyl/N-ethyl adjacent to an activating group) is 1. The predicted octanol–water partition coefficient (Wildman–Crippen LogP) is 2.16. The molecule has 0 aromatic carbocycles. The van der Waals surface area contributed by atoms with Crippen molar-refractivity contribution in [1.29, 1.82) is 0 Å². The molecule has 2 heterocycles. The molecule has 2 aliphatic rings. The Balaban J connectivity index is 1.54. The van der Waals surface area contributed by atoms with Gasteiger partial charge >= 0.3 is 0 Å². The fraction of sp³-hybridized carbons (Fsp3) is 0.737. The number of aromatic nitrogens is 2. The zero-order chi connectivity index (χ0) is 18.0. The van der Waals surface area contributed by atoms with E-state index in [9.17, 15) is 4.79 Å². The molecule has 1 saturated carbocycles. The lowest BCUT2D eigenvalue weighted by Gasteiger charge is -2.33. The predicted molar refractivity (Wildman–Crippen MR) is 98.6 cm³/mol. The van der Waals surface area contributed by atoms with E-state index in [1.54, 1.807) is 12.3 Å². The smallest absolute Gasteiger partial charge is 0.225 e. The van der Waals surface area contributed by atoms with Gasteiger partial charge in [0, 0.05) is 31.2 Å². The normalized spacial score (nSPS) is 30.0. The second-order valence-corrected chi connectivity index (χ2v) is 8.15. The standard InChI is InChI=1S/C19H31N5O/c1-13-8-14(2)10-15(9-13)19(25)24-7-5-16(11-24)23(3)12-18-21-6-4-17(20)22-18/h4,6,13-16H,5,7-12H2,1-3H3,(H2,20,21,22)/t13-,14+,15?,16-/m0/s1. The number of amides is 1. The molecule has 0 bridgehead atoms. The van der Waals surface area contributed by atoms with Gasteiger partial charge in [-0.25, -0.2) is 9.97 Å². The highest BCUT2D eigenvalue weighted by Crippen LogP contribution is 2.34. The fourth-order valence-electron chi connectivity index (χ4n) is 4.55.